The van der Waals surface area contributed by atoms with E-state index < -0.39 is 0 Å². The van der Waals surface area contributed by atoms with Crippen LogP contribution in [0.25, 0.3) is 0 Å². The molecule has 2 aromatic carbocycles. The van der Waals surface area contributed by atoms with E-state index in [9.17, 15) is 4.79 Å². The quantitative estimate of drug-likeness (QED) is 0.540. The highest BCUT2D eigenvalue weighted by molar-refractivity contribution is 9.10. The van der Waals surface area contributed by atoms with E-state index in [0.717, 1.165) is 21.5 Å². The molecule has 26 heavy (non-hydrogen) atoms. The molecule has 0 saturated carbocycles. The summed E-state index contributed by atoms with van der Waals surface area (Å²) in [7, 11) is 0. The molecule has 0 saturated heterocycles. The molecule has 1 aromatic heterocycles. The Bertz CT molecular complexity index is 895. The first-order valence-electron chi connectivity index (χ1n) is 7.88. The Labute approximate surface area is 169 Å². The lowest BCUT2D eigenvalue weighted by Crippen LogP contribution is -2.20. The van der Waals surface area contributed by atoms with Gasteiger partial charge in [-0.1, -0.05) is 39.7 Å². The zero-order valence-corrected chi connectivity index (χ0v) is 17.1. The van der Waals surface area contributed by atoms with Crippen molar-refractivity contribution in [1.82, 2.24) is 4.98 Å². The maximum atomic E-state index is 12.1. The monoisotopic (exact) mass is 450 g/mol. The summed E-state index contributed by atoms with van der Waals surface area (Å²) < 4.78 is 6.49. The second-order valence-corrected chi connectivity index (χ2v) is 8.06. The Morgan fingerprint density at radius 3 is 2.58 bits per heavy atom. The first-order valence-corrected chi connectivity index (χ1v) is 9.87. The van der Waals surface area contributed by atoms with Crippen molar-refractivity contribution in [2.45, 2.75) is 13.3 Å². The van der Waals surface area contributed by atoms with Gasteiger partial charge in [-0.15, -0.1) is 11.3 Å². The normalized spacial score (nSPS) is 10.6. The van der Waals surface area contributed by atoms with E-state index in [-0.39, 0.29) is 12.5 Å². The third-order valence-electron chi connectivity index (χ3n) is 3.60. The molecule has 4 nitrogen and oxygen atoms in total. The van der Waals surface area contributed by atoms with Crippen LogP contribution in [0, 0.1) is 6.92 Å². The van der Waals surface area contributed by atoms with Crippen LogP contribution in [0.4, 0.5) is 5.13 Å². The summed E-state index contributed by atoms with van der Waals surface area (Å²) in [6.45, 7) is 1.87. The Morgan fingerprint density at radius 1 is 1.19 bits per heavy atom. The highest BCUT2D eigenvalue weighted by Crippen LogP contribution is 2.26. The summed E-state index contributed by atoms with van der Waals surface area (Å²) in [5.41, 5.74) is 2.12. The lowest BCUT2D eigenvalue weighted by molar-refractivity contribution is -0.118. The van der Waals surface area contributed by atoms with Crippen molar-refractivity contribution in [1.29, 1.82) is 0 Å². The summed E-state index contributed by atoms with van der Waals surface area (Å²) in [5, 5.41) is 4.00. The average molecular weight is 452 g/mol. The van der Waals surface area contributed by atoms with Crippen molar-refractivity contribution in [3.8, 4) is 5.75 Å². The predicted octanol–water partition coefficient (Wildman–Crippen LogP) is 5.48. The lowest BCUT2D eigenvalue weighted by atomic mass is 10.1. The van der Waals surface area contributed by atoms with Crippen molar-refractivity contribution >= 4 is 49.9 Å². The van der Waals surface area contributed by atoms with Crippen LogP contribution in [0.5, 0.6) is 5.75 Å². The summed E-state index contributed by atoms with van der Waals surface area (Å²) in [4.78, 5) is 17.6. The minimum atomic E-state index is -0.246. The zero-order valence-electron chi connectivity index (χ0n) is 14.0. The van der Waals surface area contributed by atoms with E-state index >= 15 is 0 Å². The average Bonchev–Trinajstić information content (AvgIpc) is 2.95. The highest BCUT2D eigenvalue weighted by atomic mass is 79.9. The number of halogens is 2. The number of nitrogens with one attached hydrogen (secondary N) is 1. The number of hydrogen-bond acceptors (Lipinski definition) is 4. The molecule has 0 radical (unpaired) electrons. The first kappa shape index (κ1) is 18.9. The van der Waals surface area contributed by atoms with E-state index in [2.05, 4.69) is 38.4 Å². The molecule has 134 valence electrons. The number of carbonyl (C=O) groups excluding carboxylic acids is 1. The molecule has 7 heteroatoms. The van der Waals surface area contributed by atoms with Crippen LogP contribution in [0.2, 0.25) is 5.02 Å². The number of ether oxygens (including phenoxy) is 1. The standard InChI is InChI=1S/C19H16BrClN2O2S/c1-12-17(10-13-2-4-14(20)5-3-13)26-19(22-12)23-18(24)11-25-16-8-6-15(21)7-9-16/h2-9H,10-11H2,1H3,(H,22,23,24). The van der Waals surface area contributed by atoms with Crippen molar-refractivity contribution in [3.63, 3.8) is 0 Å². The molecule has 0 atom stereocenters. The number of carbonyl (C=O) groups is 1. The van der Waals surface area contributed by atoms with Gasteiger partial charge in [0.2, 0.25) is 0 Å². The Morgan fingerprint density at radius 2 is 1.88 bits per heavy atom. The smallest absolute Gasteiger partial charge is 0.264 e. The predicted molar refractivity (Wildman–Crippen MR) is 109 cm³/mol. The second kappa shape index (κ2) is 8.66. The molecule has 3 aromatic rings. The van der Waals surface area contributed by atoms with Crippen LogP contribution in [0.3, 0.4) is 0 Å². The van der Waals surface area contributed by atoms with Gasteiger partial charge in [-0.3, -0.25) is 10.1 Å². The van der Waals surface area contributed by atoms with Gasteiger partial charge in [0.1, 0.15) is 5.75 Å². The van der Waals surface area contributed by atoms with E-state index in [1.54, 1.807) is 24.3 Å². The first-order chi connectivity index (χ1) is 12.5. The van der Waals surface area contributed by atoms with Gasteiger partial charge < -0.3 is 4.74 Å². The van der Waals surface area contributed by atoms with Crippen LogP contribution in [-0.2, 0) is 11.2 Å². The Hall–Kier alpha value is -1.89. The molecular formula is C19H16BrClN2O2S. The number of rotatable bonds is 6. The lowest BCUT2D eigenvalue weighted by Gasteiger charge is -2.05. The van der Waals surface area contributed by atoms with Gasteiger partial charge in [0.05, 0.1) is 5.69 Å². The third kappa shape index (κ3) is 5.30. The fraction of sp³-hybridized carbons (Fsp3) is 0.158. The molecule has 1 amide bonds. The Balaban J connectivity index is 1.57. The van der Waals surface area contributed by atoms with E-state index in [0.29, 0.717) is 15.9 Å². The van der Waals surface area contributed by atoms with Crippen molar-refractivity contribution < 1.29 is 9.53 Å². The van der Waals surface area contributed by atoms with E-state index in [4.69, 9.17) is 16.3 Å². The zero-order chi connectivity index (χ0) is 18.5. The van der Waals surface area contributed by atoms with Crippen molar-refractivity contribution in [3.05, 3.63) is 74.2 Å². The number of benzene rings is 2. The molecular weight excluding hydrogens is 436 g/mol. The summed E-state index contributed by atoms with van der Waals surface area (Å²) in [6.07, 6.45) is 0.786. The topological polar surface area (TPSA) is 51.2 Å². The van der Waals surface area contributed by atoms with Gasteiger partial charge in [0.25, 0.3) is 5.91 Å². The minimum absolute atomic E-state index is 0.0810. The minimum Gasteiger partial charge on any atom is -0.484 e. The molecule has 0 unspecified atom stereocenters. The molecule has 0 aliphatic carbocycles. The van der Waals surface area contributed by atoms with Crippen LogP contribution < -0.4 is 10.1 Å². The summed E-state index contributed by atoms with van der Waals surface area (Å²) in [6, 6.07) is 15.0. The van der Waals surface area contributed by atoms with Gasteiger partial charge in [-0.05, 0) is 48.9 Å². The highest BCUT2D eigenvalue weighted by Gasteiger charge is 2.11. The van der Waals surface area contributed by atoms with Crippen molar-refractivity contribution in [2.24, 2.45) is 0 Å². The fourth-order valence-corrected chi connectivity index (χ4v) is 3.67. The molecule has 1 heterocycles. The largest absolute Gasteiger partial charge is 0.484 e. The van der Waals surface area contributed by atoms with Gasteiger partial charge in [0.15, 0.2) is 11.7 Å². The molecule has 0 fully saturated rings. The van der Waals surface area contributed by atoms with Gasteiger partial charge in [-0.2, -0.15) is 0 Å². The molecule has 0 spiro atoms. The van der Waals surface area contributed by atoms with E-state index in [1.807, 2.05) is 19.1 Å². The summed E-state index contributed by atoms with van der Waals surface area (Å²) in [5.74, 6) is 0.347. The van der Waals surface area contributed by atoms with Crippen LogP contribution in [-0.4, -0.2) is 17.5 Å². The van der Waals surface area contributed by atoms with Crippen LogP contribution in [0.15, 0.2) is 53.0 Å². The molecule has 0 aliphatic rings. The maximum Gasteiger partial charge on any atom is 0.264 e. The summed E-state index contributed by atoms with van der Waals surface area (Å²) >= 11 is 10.7. The van der Waals surface area contributed by atoms with Crippen LogP contribution >= 0.6 is 38.9 Å². The number of amides is 1. The van der Waals surface area contributed by atoms with Crippen molar-refractivity contribution in [2.75, 3.05) is 11.9 Å². The van der Waals surface area contributed by atoms with Crippen LogP contribution in [0.1, 0.15) is 16.1 Å². The number of nitrogens with zero attached hydrogens (tertiary/aromatic N) is 1. The fourth-order valence-electron chi connectivity index (χ4n) is 2.27. The molecule has 1 N–H and O–H groups in total. The number of anilines is 1. The Kier molecular flexibility index (Phi) is 6.29. The number of aryl methyl sites for hydroxylation is 1. The number of aromatic nitrogens is 1. The van der Waals surface area contributed by atoms with Gasteiger partial charge in [0, 0.05) is 20.8 Å². The molecule has 3 rings (SSSR count). The maximum absolute atomic E-state index is 12.1. The van der Waals surface area contributed by atoms with Gasteiger partial charge in [-0.25, -0.2) is 4.98 Å². The van der Waals surface area contributed by atoms with Gasteiger partial charge >= 0.3 is 0 Å². The molecule has 0 bridgehead atoms. The third-order valence-corrected chi connectivity index (χ3v) is 5.45. The van der Waals surface area contributed by atoms with E-state index in [1.165, 1.54) is 16.9 Å². The number of thiazole rings is 1. The SMILES string of the molecule is Cc1nc(NC(=O)COc2ccc(Cl)cc2)sc1Cc1ccc(Br)cc1. The second-order valence-electron chi connectivity index (χ2n) is 5.62. The molecule has 0 aliphatic heterocycles. The number of hydrogen-bond donors (Lipinski definition) is 1.